The Morgan fingerprint density at radius 1 is 1.00 bits per heavy atom. The summed E-state index contributed by atoms with van der Waals surface area (Å²) in [4.78, 5) is 26.0. The van der Waals surface area contributed by atoms with Crippen LogP contribution in [0.25, 0.3) is 10.8 Å². The highest BCUT2D eigenvalue weighted by Crippen LogP contribution is 2.25. The fourth-order valence-corrected chi connectivity index (χ4v) is 3.54. The number of rotatable bonds is 2. The summed E-state index contributed by atoms with van der Waals surface area (Å²) < 4.78 is 0. The van der Waals surface area contributed by atoms with Crippen LogP contribution in [0.5, 0.6) is 0 Å². The van der Waals surface area contributed by atoms with Crippen molar-refractivity contribution < 1.29 is 14.7 Å². The number of aromatic carboxylic acids is 1. The van der Waals surface area contributed by atoms with Gasteiger partial charge in [0, 0.05) is 35.5 Å². The number of amides is 1. The maximum Gasteiger partial charge on any atom is 0.336 e. The number of fused-ring (bicyclic) bond motifs is 1. The Balaban J connectivity index is 2.13. The van der Waals surface area contributed by atoms with Crippen molar-refractivity contribution in [2.75, 3.05) is 24.6 Å². The summed E-state index contributed by atoms with van der Waals surface area (Å²) in [5, 5.41) is 10.7. The van der Waals surface area contributed by atoms with Gasteiger partial charge in [-0.25, -0.2) is 4.79 Å². The Morgan fingerprint density at radius 3 is 2.24 bits per heavy atom. The van der Waals surface area contributed by atoms with Crippen LogP contribution in [0, 0.1) is 0 Å². The number of benzene rings is 2. The smallest absolute Gasteiger partial charge is 0.336 e. The molecule has 0 aromatic heterocycles. The lowest BCUT2D eigenvalue weighted by molar-refractivity contribution is 0.0699. The van der Waals surface area contributed by atoms with E-state index < -0.39 is 5.97 Å². The van der Waals surface area contributed by atoms with Gasteiger partial charge in [0.2, 0.25) is 0 Å². The molecule has 0 saturated carbocycles. The molecule has 1 heterocycles. The van der Waals surface area contributed by atoms with Crippen LogP contribution in [-0.4, -0.2) is 46.5 Å². The molecular formula is C16H15NO3S. The van der Waals surface area contributed by atoms with Crippen LogP contribution < -0.4 is 0 Å². The lowest BCUT2D eigenvalue weighted by atomic mass is 9.98. The van der Waals surface area contributed by atoms with Crippen LogP contribution in [0.4, 0.5) is 0 Å². The van der Waals surface area contributed by atoms with Gasteiger partial charge in [0.1, 0.15) is 0 Å². The van der Waals surface area contributed by atoms with Crippen LogP contribution in [-0.2, 0) is 0 Å². The number of carboxylic acid groups (broad SMARTS) is 1. The molecule has 0 spiro atoms. The molecule has 0 atom stereocenters. The van der Waals surface area contributed by atoms with E-state index in [1.165, 1.54) is 0 Å². The largest absolute Gasteiger partial charge is 0.478 e. The van der Waals surface area contributed by atoms with Crippen molar-refractivity contribution in [2.24, 2.45) is 0 Å². The predicted molar refractivity (Wildman–Crippen MR) is 84.1 cm³/mol. The molecular weight excluding hydrogens is 286 g/mol. The lowest BCUT2D eigenvalue weighted by Gasteiger charge is -2.27. The summed E-state index contributed by atoms with van der Waals surface area (Å²) in [6.45, 7) is 1.43. The van der Waals surface area contributed by atoms with Crippen molar-refractivity contribution in [2.45, 2.75) is 0 Å². The summed E-state index contributed by atoms with van der Waals surface area (Å²) in [7, 11) is 0. The van der Waals surface area contributed by atoms with E-state index in [4.69, 9.17) is 0 Å². The lowest BCUT2D eigenvalue weighted by Crippen LogP contribution is -2.38. The Hall–Kier alpha value is -2.01. The number of hydrogen-bond donors (Lipinski definition) is 1. The molecule has 5 heteroatoms. The number of thioether (sulfide) groups is 1. The van der Waals surface area contributed by atoms with Gasteiger partial charge in [-0.1, -0.05) is 24.3 Å². The third kappa shape index (κ3) is 2.61. The van der Waals surface area contributed by atoms with E-state index in [-0.39, 0.29) is 11.5 Å². The van der Waals surface area contributed by atoms with Crippen LogP contribution in [0.3, 0.4) is 0 Å². The fraction of sp³-hybridized carbons (Fsp3) is 0.250. The molecule has 1 saturated heterocycles. The number of hydrogen-bond acceptors (Lipinski definition) is 3. The minimum absolute atomic E-state index is 0.0744. The Kier molecular flexibility index (Phi) is 3.84. The fourth-order valence-electron chi connectivity index (χ4n) is 2.63. The predicted octanol–water partition coefficient (Wildman–Crippen LogP) is 2.73. The first-order valence-corrected chi connectivity index (χ1v) is 7.96. The van der Waals surface area contributed by atoms with Crippen molar-refractivity contribution in [1.82, 2.24) is 4.90 Å². The van der Waals surface area contributed by atoms with Gasteiger partial charge in [-0.05, 0) is 17.5 Å². The van der Waals surface area contributed by atoms with Gasteiger partial charge in [0.05, 0.1) is 5.56 Å². The molecule has 108 valence electrons. The summed E-state index contributed by atoms with van der Waals surface area (Å²) in [5.41, 5.74) is 0.667. The molecule has 0 bridgehead atoms. The molecule has 0 aliphatic carbocycles. The van der Waals surface area contributed by atoms with E-state index in [0.29, 0.717) is 10.9 Å². The second-order valence-corrected chi connectivity index (χ2v) is 6.14. The van der Waals surface area contributed by atoms with E-state index in [1.807, 2.05) is 28.8 Å². The third-order valence-electron chi connectivity index (χ3n) is 3.66. The summed E-state index contributed by atoms with van der Waals surface area (Å²) in [5.74, 6) is 0.787. The molecule has 2 aromatic carbocycles. The summed E-state index contributed by atoms with van der Waals surface area (Å²) in [6.07, 6.45) is 0. The molecule has 21 heavy (non-hydrogen) atoms. The highest BCUT2D eigenvalue weighted by atomic mass is 32.2. The van der Waals surface area contributed by atoms with E-state index in [0.717, 1.165) is 30.0 Å². The third-order valence-corrected chi connectivity index (χ3v) is 4.61. The van der Waals surface area contributed by atoms with E-state index in [1.54, 1.807) is 24.3 Å². The van der Waals surface area contributed by atoms with Crippen molar-refractivity contribution >= 4 is 34.4 Å². The molecule has 3 rings (SSSR count). The normalized spacial score (nSPS) is 15.1. The van der Waals surface area contributed by atoms with E-state index in [9.17, 15) is 14.7 Å². The number of carbonyl (C=O) groups is 2. The zero-order valence-corrected chi connectivity index (χ0v) is 12.2. The molecule has 1 amide bonds. The topological polar surface area (TPSA) is 57.6 Å². The summed E-state index contributed by atoms with van der Waals surface area (Å²) >= 11 is 1.83. The highest BCUT2D eigenvalue weighted by molar-refractivity contribution is 7.99. The molecule has 1 N–H and O–H groups in total. The Bertz CT molecular complexity index is 702. The highest BCUT2D eigenvalue weighted by Gasteiger charge is 2.22. The minimum Gasteiger partial charge on any atom is -0.478 e. The standard InChI is InChI=1S/C16H15NO3S/c18-15(17-7-9-21-10-8-17)12-5-1-3-11-4-2-6-13(14(11)12)16(19)20/h1-6H,7-10H2,(H,19,20). The van der Waals surface area contributed by atoms with Gasteiger partial charge in [-0.3, -0.25) is 4.79 Å². The van der Waals surface area contributed by atoms with Gasteiger partial charge in [-0.15, -0.1) is 0 Å². The monoisotopic (exact) mass is 301 g/mol. The first-order chi connectivity index (χ1) is 10.2. The average Bonchev–Trinajstić information content (AvgIpc) is 2.53. The second-order valence-electron chi connectivity index (χ2n) is 4.92. The first kappa shape index (κ1) is 13.9. The Morgan fingerprint density at radius 2 is 1.62 bits per heavy atom. The van der Waals surface area contributed by atoms with Crippen LogP contribution in [0.2, 0.25) is 0 Å². The van der Waals surface area contributed by atoms with Gasteiger partial charge >= 0.3 is 5.97 Å². The quantitative estimate of drug-likeness (QED) is 0.926. The number of carbonyl (C=O) groups excluding carboxylic acids is 1. The molecule has 1 fully saturated rings. The number of nitrogens with zero attached hydrogens (tertiary/aromatic N) is 1. The van der Waals surface area contributed by atoms with Crippen molar-refractivity contribution in [3.05, 3.63) is 47.5 Å². The minimum atomic E-state index is -1.00. The molecule has 4 nitrogen and oxygen atoms in total. The van der Waals surface area contributed by atoms with Gasteiger partial charge in [-0.2, -0.15) is 11.8 Å². The zero-order valence-electron chi connectivity index (χ0n) is 11.4. The molecule has 2 aromatic rings. The van der Waals surface area contributed by atoms with Gasteiger partial charge < -0.3 is 10.0 Å². The van der Waals surface area contributed by atoms with E-state index >= 15 is 0 Å². The van der Waals surface area contributed by atoms with Crippen molar-refractivity contribution in [3.63, 3.8) is 0 Å². The van der Waals surface area contributed by atoms with Crippen LogP contribution in [0.15, 0.2) is 36.4 Å². The van der Waals surface area contributed by atoms with Gasteiger partial charge in [0.25, 0.3) is 5.91 Å². The Labute approximate surface area is 126 Å². The van der Waals surface area contributed by atoms with E-state index in [2.05, 4.69) is 0 Å². The zero-order chi connectivity index (χ0) is 14.8. The second kappa shape index (κ2) is 5.77. The molecule has 0 unspecified atom stereocenters. The molecule has 1 aliphatic rings. The molecule has 1 aliphatic heterocycles. The van der Waals surface area contributed by atoms with Gasteiger partial charge in [0.15, 0.2) is 0 Å². The maximum absolute atomic E-state index is 12.7. The average molecular weight is 301 g/mol. The molecule has 0 radical (unpaired) electrons. The summed E-state index contributed by atoms with van der Waals surface area (Å²) in [6, 6.07) is 10.5. The van der Waals surface area contributed by atoms with Crippen molar-refractivity contribution in [3.8, 4) is 0 Å². The number of carboxylic acids is 1. The van der Waals surface area contributed by atoms with Crippen molar-refractivity contribution in [1.29, 1.82) is 0 Å². The maximum atomic E-state index is 12.7. The van der Waals surface area contributed by atoms with Crippen LogP contribution in [0.1, 0.15) is 20.7 Å². The van der Waals surface area contributed by atoms with Crippen LogP contribution >= 0.6 is 11.8 Å². The first-order valence-electron chi connectivity index (χ1n) is 6.80. The SMILES string of the molecule is O=C(O)c1cccc2cccc(C(=O)N3CCSCC3)c12.